The van der Waals surface area contributed by atoms with Gasteiger partial charge in [0.25, 0.3) is 0 Å². The van der Waals surface area contributed by atoms with Gasteiger partial charge in [-0.25, -0.2) is 4.79 Å². The van der Waals surface area contributed by atoms with E-state index in [1.165, 1.54) is 0 Å². The number of aliphatic hydroxyl groups is 1. The van der Waals surface area contributed by atoms with Crippen molar-refractivity contribution < 1.29 is 19.0 Å². The van der Waals surface area contributed by atoms with Crippen LogP contribution in [0, 0.1) is 0 Å². The van der Waals surface area contributed by atoms with E-state index in [-0.39, 0.29) is 13.0 Å². The number of pyridine rings is 1. The summed E-state index contributed by atoms with van der Waals surface area (Å²) in [4.78, 5) is 17.5. The average molecular weight is 296 g/mol. The highest BCUT2D eigenvalue weighted by molar-refractivity contribution is 5.67. The average Bonchev–Trinajstić information content (AvgIpc) is 2.49. The predicted octanol–water partition coefficient (Wildman–Crippen LogP) is 1.95. The van der Waals surface area contributed by atoms with Crippen LogP contribution < -0.4 is 0 Å². The molecule has 1 saturated heterocycles. The number of amides is 1. The Morgan fingerprint density at radius 2 is 2.19 bits per heavy atom. The minimum Gasteiger partial charge on any atom is -0.449 e. The molecule has 21 heavy (non-hydrogen) atoms. The van der Waals surface area contributed by atoms with Gasteiger partial charge in [0.1, 0.15) is 0 Å². The lowest BCUT2D eigenvalue weighted by Crippen LogP contribution is -2.48. The molecule has 0 saturated carbocycles. The lowest BCUT2D eigenvalue weighted by atomic mass is 9.87. The minimum atomic E-state index is -0.829. The third-order valence-electron chi connectivity index (χ3n) is 3.69. The molecule has 5 nitrogen and oxygen atoms in total. The van der Waals surface area contributed by atoms with E-state index in [9.17, 15) is 14.3 Å². The summed E-state index contributed by atoms with van der Waals surface area (Å²) in [5.74, 6) is 0. The summed E-state index contributed by atoms with van der Waals surface area (Å²) in [5, 5.41) is 10.6. The fraction of sp³-hybridized carbons (Fsp3) is 0.600. The number of hydrogen-bond donors (Lipinski definition) is 1. The molecule has 1 amide bonds. The van der Waals surface area contributed by atoms with Gasteiger partial charge < -0.3 is 14.7 Å². The molecule has 1 aromatic heterocycles. The Morgan fingerprint density at radius 3 is 2.81 bits per heavy atom. The van der Waals surface area contributed by atoms with Crippen molar-refractivity contribution in [2.24, 2.45) is 0 Å². The van der Waals surface area contributed by atoms with E-state index in [0.717, 1.165) is 5.69 Å². The molecule has 0 unspecified atom stereocenters. The van der Waals surface area contributed by atoms with E-state index in [4.69, 9.17) is 4.74 Å². The molecular formula is C15H21FN2O3. The Bertz CT molecular complexity index is 447. The molecule has 0 bridgehead atoms. The normalized spacial score (nSPS) is 17.5. The monoisotopic (exact) mass is 296 g/mol. The van der Waals surface area contributed by atoms with Gasteiger partial charge in [0, 0.05) is 37.8 Å². The number of hydrogen-bond acceptors (Lipinski definition) is 4. The molecule has 1 aromatic rings. The molecule has 0 radical (unpaired) electrons. The van der Waals surface area contributed by atoms with Gasteiger partial charge in [0.2, 0.25) is 0 Å². The maximum absolute atomic E-state index is 12.0. The lowest BCUT2D eigenvalue weighted by molar-refractivity contribution is -0.0206. The van der Waals surface area contributed by atoms with Crippen LogP contribution in [0.15, 0.2) is 24.4 Å². The first-order chi connectivity index (χ1) is 10.1. The number of alkyl halides is 1. The highest BCUT2D eigenvalue weighted by atomic mass is 19.1. The van der Waals surface area contributed by atoms with E-state index >= 15 is 0 Å². The van der Waals surface area contributed by atoms with Crippen molar-refractivity contribution in [1.29, 1.82) is 0 Å². The summed E-state index contributed by atoms with van der Waals surface area (Å²) < 4.78 is 16.9. The predicted molar refractivity (Wildman–Crippen MR) is 75.6 cm³/mol. The molecule has 0 atom stereocenters. The Balaban J connectivity index is 1.80. The molecule has 1 aliphatic heterocycles. The number of carbonyl (C=O) groups excluding carboxylic acids is 1. The number of carbonyl (C=O) groups is 1. The Hall–Kier alpha value is -1.69. The van der Waals surface area contributed by atoms with Crippen LogP contribution in [0.5, 0.6) is 0 Å². The van der Waals surface area contributed by atoms with E-state index < -0.39 is 18.4 Å². The number of piperidine rings is 1. The van der Waals surface area contributed by atoms with Gasteiger partial charge in [-0.2, -0.15) is 0 Å². The van der Waals surface area contributed by atoms with Crippen LogP contribution in [0.4, 0.5) is 9.18 Å². The second kappa shape index (κ2) is 7.36. The molecule has 2 rings (SSSR count). The number of aromatic nitrogens is 1. The maximum Gasteiger partial charge on any atom is 0.409 e. The van der Waals surface area contributed by atoms with Crippen LogP contribution in [0.25, 0.3) is 0 Å². The minimum absolute atomic E-state index is 0.101. The maximum atomic E-state index is 12.0. The molecule has 6 heteroatoms. The first-order valence-electron chi connectivity index (χ1n) is 7.23. The van der Waals surface area contributed by atoms with Gasteiger partial charge in [0.05, 0.1) is 18.9 Å². The molecule has 0 spiro atoms. The van der Waals surface area contributed by atoms with Crippen LogP contribution in [-0.2, 0) is 11.2 Å². The van der Waals surface area contributed by atoms with Crippen molar-refractivity contribution in [3.8, 4) is 0 Å². The van der Waals surface area contributed by atoms with Crippen molar-refractivity contribution >= 4 is 6.09 Å². The number of likely N-dealkylation sites (tertiary alicyclic amines) is 1. The Morgan fingerprint density at radius 1 is 1.43 bits per heavy atom. The highest BCUT2D eigenvalue weighted by Gasteiger charge is 2.34. The summed E-state index contributed by atoms with van der Waals surface area (Å²) >= 11 is 0. The molecule has 0 aromatic carbocycles. The fourth-order valence-electron chi connectivity index (χ4n) is 2.43. The summed E-state index contributed by atoms with van der Waals surface area (Å²) in [6, 6.07) is 5.61. The molecule has 1 fully saturated rings. The number of halogens is 1. The van der Waals surface area contributed by atoms with Crippen molar-refractivity contribution in [2.45, 2.75) is 31.3 Å². The van der Waals surface area contributed by atoms with Gasteiger partial charge in [0.15, 0.2) is 0 Å². The summed E-state index contributed by atoms with van der Waals surface area (Å²) in [6.45, 7) is 0.497. The number of ether oxygens (including phenoxy) is 1. The van der Waals surface area contributed by atoms with Crippen molar-refractivity contribution in [1.82, 2.24) is 9.88 Å². The zero-order chi connectivity index (χ0) is 15.1. The van der Waals surface area contributed by atoms with Crippen LogP contribution in [0.1, 0.15) is 25.0 Å². The third-order valence-corrected chi connectivity index (χ3v) is 3.69. The van der Waals surface area contributed by atoms with Crippen molar-refractivity contribution in [3.63, 3.8) is 0 Å². The molecule has 0 aliphatic carbocycles. The quantitative estimate of drug-likeness (QED) is 0.844. The molecule has 2 heterocycles. The second-order valence-corrected chi connectivity index (χ2v) is 5.37. The molecule has 1 N–H and O–H groups in total. The standard InChI is InChI=1S/C15H21FN2O3/c16-7-3-11-21-14(19)18-9-5-15(20,6-10-18)12-13-4-1-2-8-17-13/h1-2,4,8,20H,3,5-7,9-12H2. The number of nitrogens with zero attached hydrogens (tertiary/aromatic N) is 2. The summed E-state index contributed by atoms with van der Waals surface area (Å²) in [5.41, 5.74) is 0.0170. The van der Waals surface area contributed by atoms with Gasteiger partial charge in [-0.3, -0.25) is 9.37 Å². The Labute approximate surface area is 123 Å². The van der Waals surface area contributed by atoms with Gasteiger partial charge in [-0.15, -0.1) is 0 Å². The van der Waals surface area contributed by atoms with E-state index in [2.05, 4.69) is 4.98 Å². The zero-order valence-electron chi connectivity index (χ0n) is 12.0. The first kappa shape index (κ1) is 15.7. The van der Waals surface area contributed by atoms with Gasteiger partial charge in [-0.05, 0) is 25.0 Å². The smallest absolute Gasteiger partial charge is 0.409 e. The largest absolute Gasteiger partial charge is 0.449 e. The third kappa shape index (κ3) is 4.67. The van der Waals surface area contributed by atoms with E-state index in [0.29, 0.717) is 32.4 Å². The molecule has 116 valence electrons. The SMILES string of the molecule is O=C(OCCCF)N1CCC(O)(Cc2ccccn2)CC1. The summed E-state index contributed by atoms with van der Waals surface area (Å²) in [6.07, 6.45) is 2.96. The van der Waals surface area contributed by atoms with Gasteiger partial charge in [-0.1, -0.05) is 6.07 Å². The molecule has 1 aliphatic rings. The van der Waals surface area contributed by atoms with Crippen LogP contribution in [-0.4, -0.2) is 53.1 Å². The van der Waals surface area contributed by atoms with E-state index in [1.54, 1.807) is 11.1 Å². The zero-order valence-corrected chi connectivity index (χ0v) is 12.0. The van der Waals surface area contributed by atoms with Gasteiger partial charge >= 0.3 is 6.09 Å². The number of rotatable bonds is 5. The van der Waals surface area contributed by atoms with Crippen molar-refractivity contribution in [2.75, 3.05) is 26.4 Å². The van der Waals surface area contributed by atoms with Crippen LogP contribution >= 0.6 is 0 Å². The van der Waals surface area contributed by atoms with Crippen LogP contribution in [0.2, 0.25) is 0 Å². The topological polar surface area (TPSA) is 62.7 Å². The lowest BCUT2D eigenvalue weighted by Gasteiger charge is -2.37. The first-order valence-corrected chi connectivity index (χ1v) is 7.23. The fourth-order valence-corrected chi connectivity index (χ4v) is 2.43. The highest BCUT2D eigenvalue weighted by Crippen LogP contribution is 2.26. The van der Waals surface area contributed by atoms with E-state index in [1.807, 2.05) is 18.2 Å². The Kier molecular flexibility index (Phi) is 5.50. The second-order valence-electron chi connectivity index (χ2n) is 5.37. The van der Waals surface area contributed by atoms with Crippen molar-refractivity contribution in [3.05, 3.63) is 30.1 Å². The summed E-state index contributed by atoms with van der Waals surface area (Å²) in [7, 11) is 0. The molecular weight excluding hydrogens is 275 g/mol. The van der Waals surface area contributed by atoms with Crippen LogP contribution in [0.3, 0.4) is 0 Å².